The van der Waals surface area contributed by atoms with Crippen LogP contribution in [-0.2, 0) is 17.8 Å². The zero-order valence-corrected chi connectivity index (χ0v) is 16.8. The zero-order chi connectivity index (χ0) is 20.1. The summed E-state index contributed by atoms with van der Waals surface area (Å²) >= 11 is 0. The second-order valence-electron chi connectivity index (χ2n) is 7.90. The Morgan fingerprint density at radius 2 is 1.75 bits per heavy atom. The molecule has 3 rings (SSSR count). The van der Waals surface area contributed by atoms with Crippen LogP contribution in [0.5, 0.6) is 5.75 Å². The normalized spacial score (nSPS) is 14.2. The summed E-state index contributed by atoms with van der Waals surface area (Å²) in [5.74, 6) is 0.431. The van der Waals surface area contributed by atoms with Crippen LogP contribution in [0.25, 0.3) is 0 Å². The fourth-order valence-corrected chi connectivity index (χ4v) is 3.42. The van der Waals surface area contributed by atoms with Gasteiger partial charge >= 0.3 is 0 Å². The maximum Gasteiger partial charge on any atom is 0.258 e. The van der Waals surface area contributed by atoms with Crippen LogP contribution in [0.2, 0.25) is 0 Å². The molecule has 28 heavy (non-hydrogen) atoms. The summed E-state index contributed by atoms with van der Waals surface area (Å²) < 4.78 is 5.52. The second kappa shape index (κ2) is 8.57. The van der Waals surface area contributed by atoms with Crippen molar-refractivity contribution < 1.29 is 14.3 Å². The number of ketones is 1. The molecule has 0 saturated carbocycles. The van der Waals surface area contributed by atoms with Gasteiger partial charge < -0.3 is 10.1 Å². The standard InChI is InChI=1S/C23H28N2O3/c1-17(26)18-8-10-21(11-9-18)28-15-22(27)24-16-23(2,3)25-13-12-19-6-4-5-7-20(19)14-25/h4-11H,12-16H2,1-3H3,(H,24,27). The fourth-order valence-electron chi connectivity index (χ4n) is 3.42. The largest absolute Gasteiger partial charge is 0.484 e. The van der Waals surface area contributed by atoms with E-state index in [-0.39, 0.29) is 23.8 Å². The minimum absolute atomic E-state index is 0.00635. The van der Waals surface area contributed by atoms with Crippen molar-refractivity contribution in [3.8, 4) is 5.75 Å². The van der Waals surface area contributed by atoms with Crippen LogP contribution in [0, 0.1) is 0 Å². The van der Waals surface area contributed by atoms with Crippen molar-refractivity contribution in [3.63, 3.8) is 0 Å². The van der Waals surface area contributed by atoms with E-state index in [1.807, 2.05) is 0 Å². The minimum atomic E-state index is -0.152. The van der Waals surface area contributed by atoms with E-state index >= 15 is 0 Å². The lowest BCUT2D eigenvalue weighted by Gasteiger charge is -2.41. The molecule has 0 aliphatic carbocycles. The van der Waals surface area contributed by atoms with Gasteiger partial charge in [-0.25, -0.2) is 0 Å². The molecular weight excluding hydrogens is 352 g/mol. The molecule has 1 N–H and O–H groups in total. The van der Waals surface area contributed by atoms with E-state index in [1.165, 1.54) is 18.1 Å². The van der Waals surface area contributed by atoms with Crippen LogP contribution in [0.3, 0.4) is 0 Å². The highest BCUT2D eigenvalue weighted by molar-refractivity contribution is 5.94. The van der Waals surface area contributed by atoms with Crippen molar-refractivity contribution >= 4 is 11.7 Å². The highest BCUT2D eigenvalue weighted by Crippen LogP contribution is 2.24. The Hall–Kier alpha value is -2.66. The quantitative estimate of drug-likeness (QED) is 0.750. The fraction of sp³-hybridized carbons (Fsp3) is 0.391. The van der Waals surface area contributed by atoms with Crippen LogP contribution in [0.1, 0.15) is 42.3 Å². The van der Waals surface area contributed by atoms with E-state index in [1.54, 1.807) is 24.3 Å². The molecule has 0 spiro atoms. The van der Waals surface area contributed by atoms with Crippen molar-refractivity contribution in [2.24, 2.45) is 0 Å². The zero-order valence-electron chi connectivity index (χ0n) is 16.8. The number of carbonyl (C=O) groups is 2. The van der Waals surface area contributed by atoms with Gasteiger partial charge in [0.05, 0.1) is 0 Å². The van der Waals surface area contributed by atoms with E-state index in [0.717, 1.165) is 19.5 Å². The van der Waals surface area contributed by atoms with E-state index in [9.17, 15) is 9.59 Å². The Kier molecular flexibility index (Phi) is 6.15. The number of ether oxygens (including phenoxy) is 1. The van der Waals surface area contributed by atoms with Crippen molar-refractivity contribution in [1.29, 1.82) is 0 Å². The number of rotatable bonds is 7. The van der Waals surface area contributed by atoms with Crippen LogP contribution >= 0.6 is 0 Å². The van der Waals surface area contributed by atoms with Gasteiger partial charge in [-0.2, -0.15) is 0 Å². The number of hydrogen-bond acceptors (Lipinski definition) is 4. The molecule has 5 heteroatoms. The van der Waals surface area contributed by atoms with Gasteiger partial charge in [-0.15, -0.1) is 0 Å². The summed E-state index contributed by atoms with van der Waals surface area (Å²) in [6.07, 6.45) is 1.03. The van der Waals surface area contributed by atoms with E-state index < -0.39 is 0 Å². The van der Waals surface area contributed by atoms with Gasteiger partial charge in [-0.05, 0) is 62.6 Å². The number of nitrogens with one attached hydrogen (secondary N) is 1. The molecule has 1 aliphatic heterocycles. The number of fused-ring (bicyclic) bond motifs is 1. The lowest BCUT2D eigenvalue weighted by molar-refractivity contribution is -0.123. The molecule has 0 radical (unpaired) electrons. The van der Waals surface area contributed by atoms with Crippen LogP contribution < -0.4 is 10.1 Å². The summed E-state index contributed by atoms with van der Waals surface area (Å²) in [6.45, 7) is 8.23. The number of Topliss-reactive ketones (excluding diaryl/α,β-unsaturated/α-hetero) is 1. The maximum absolute atomic E-state index is 12.2. The average molecular weight is 380 g/mol. The summed E-state index contributed by atoms with van der Waals surface area (Å²) in [5, 5.41) is 2.98. The van der Waals surface area contributed by atoms with Gasteiger partial charge in [0.2, 0.25) is 0 Å². The Morgan fingerprint density at radius 1 is 1.07 bits per heavy atom. The van der Waals surface area contributed by atoms with Crippen LogP contribution in [0.4, 0.5) is 0 Å². The Morgan fingerprint density at radius 3 is 2.43 bits per heavy atom. The van der Waals surface area contributed by atoms with E-state index in [4.69, 9.17) is 4.74 Å². The van der Waals surface area contributed by atoms with Gasteiger partial charge in [-0.1, -0.05) is 24.3 Å². The van der Waals surface area contributed by atoms with Crippen molar-refractivity contribution in [2.75, 3.05) is 19.7 Å². The average Bonchev–Trinajstić information content (AvgIpc) is 2.70. The summed E-state index contributed by atoms with van der Waals surface area (Å²) in [5.41, 5.74) is 3.27. The molecule has 0 unspecified atom stereocenters. The summed E-state index contributed by atoms with van der Waals surface area (Å²) in [4.78, 5) is 25.9. The first-order valence-electron chi connectivity index (χ1n) is 9.67. The highest BCUT2D eigenvalue weighted by Gasteiger charge is 2.30. The molecular formula is C23H28N2O3. The lowest BCUT2D eigenvalue weighted by atomic mass is 9.94. The number of carbonyl (C=O) groups excluding carboxylic acids is 2. The molecule has 0 saturated heterocycles. The molecule has 0 fully saturated rings. The van der Waals surface area contributed by atoms with E-state index in [2.05, 4.69) is 48.3 Å². The second-order valence-corrected chi connectivity index (χ2v) is 7.90. The predicted octanol–water partition coefficient (Wildman–Crippen LogP) is 3.22. The molecule has 2 aromatic carbocycles. The Labute approximate surface area is 166 Å². The van der Waals surface area contributed by atoms with Gasteiger partial charge in [0.1, 0.15) is 5.75 Å². The van der Waals surface area contributed by atoms with Gasteiger partial charge in [0, 0.05) is 30.7 Å². The van der Waals surface area contributed by atoms with Crippen LogP contribution in [0.15, 0.2) is 48.5 Å². The molecule has 0 atom stereocenters. The number of amides is 1. The molecule has 1 aliphatic rings. The molecule has 1 heterocycles. The van der Waals surface area contributed by atoms with Crippen LogP contribution in [-0.4, -0.2) is 41.8 Å². The van der Waals surface area contributed by atoms with Gasteiger partial charge in [0.25, 0.3) is 5.91 Å². The van der Waals surface area contributed by atoms with Crippen molar-refractivity contribution in [1.82, 2.24) is 10.2 Å². The lowest BCUT2D eigenvalue weighted by Crippen LogP contribution is -2.53. The first-order chi connectivity index (χ1) is 13.3. The van der Waals surface area contributed by atoms with E-state index in [0.29, 0.717) is 17.9 Å². The van der Waals surface area contributed by atoms with Crippen molar-refractivity contribution in [3.05, 3.63) is 65.2 Å². The number of benzene rings is 2. The molecule has 148 valence electrons. The smallest absolute Gasteiger partial charge is 0.258 e. The van der Waals surface area contributed by atoms with Gasteiger partial charge in [0.15, 0.2) is 12.4 Å². The van der Waals surface area contributed by atoms with Crippen molar-refractivity contribution in [2.45, 2.75) is 39.3 Å². The third-order valence-electron chi connectivity index (χ3n) is 5.34. The number of hydrogen-bond donors (Lipinski definition) is 1. The molecule has 2 aromatic rings. The molecule has 1 amide bonds. The topological polar surface area (TPSA) is 58.6 Å². The SMILES string of the molecule is CC(=O)c1ccc(OCC(=O)NCC(C)(C)N2CCc3ccccc3C2)cc1. The molecule has 0 aromatic heterocycles. The summed E-state index contributed by atoms with van der Waals surface area (Å²) in [7, 11) is 0. The Balaban J connectivity index is 1.47. The maximum atomic E-state index is 12.2. The highest BCUT2D eigenvalue weighted by atomic mass is 16.5. The minimum Gasteiger partial charge on any atom is -0.484 e. The first-order valence-corrected chi connectivity index (χ1v) is 9.67. The number of nitrogens with zero attached hydrogens (tertiary/aromatic N) is 1. The summed E-state index contributed by atoms with van der Waals surface area (Å²) in [6, 6.07) is 15.4. The third-order valence-corrected chi connectivity index (χ3v) is 5.34. The first kappa shape index (κ1) is 20.1. The monoisotopic (exact) mass is 380 g/mol. The van der Waals surface area contributed by atoms with Gasteiger partial charge in [-0.3, -0.25) is 14.5 Å². The third kappa shape index (κ3) is 4.98. The predicted molar refractivity (Wildman–Crippen MR) is 110 cm³/mol. The molecule has 5 nitrogen and oxygen atoms in total. The molecule has 0 bridgehead atoms. The Bertz CT molecular complexity index is 843.